The Morgan fingerprint density at radius 1 is 1.48 bits per heavy atom. The number of urea groups is 1. The zero-order valence-corrected chi connectivity index (χ0v) is 12.4. The summed E-state index contributed by atoms with van der Waals surface area (Å²) in [6.07, 6.45) is 0.863. The first kappa shape index (κ1) is 13.8. The minimum absolute atomic E-state index is 0.126. The molecule has 2 unspecified atom stereocenters. The van der Waals surface area contributed by atoms with Gasteiger partial charge in [-0.25, -0.2) is 9.78 Å². The summed E-state index contributed by atoms with van der Waals surface area (Å²) in [6.45, 7) is 2.63. The van der Waals surface area contributed by atoms with E-state index in [4.69, 9.17) is 0 Å². The maximum atomic E-state index is 12.0. The molecule has 21 heavy (non-hydrogen) atoms. The third-order valence-electron chi connectivity index (χ3n) is 3.63. The van der Waals surface area contributed by atoms with Crippen LogP contribution in [-0.2, 0) is 4.79 Å². The lowest BCUT2D eigenvalue weighted by Gasteiger charge is -2.28. The van der Waals surface area contributed by atoms with Crippen LogP contribution in [-0.4, -0.2) is 29.5 Å². The molecule has 0 saturated carbocycles. The van der Waals surface area contributed by atoms with Crippen LogP contribution in [0.1, 0.15) is 13.3 Å². The van der Waals surface area contributed by atoms with Gasteiger partial charge in [0.1, 0.15) is 6.04 Å². The molecular weight excluding hydrogens is 288 g/mol. The lowest BCUT2D eigenvalue weighted by Crippen LogP contribution is -2.55. The van der Waals surface area contributed by atoms with Crippen molar-refractivity contribution in [1.29, 1.82) is 0 Å². The fourth-order valence-corrected chi connectivity index (χ4v) is 3.07. The Morgan fingerprint density at radius 2 is 2.33 bits per heavy atom. The van der Waals surface area contributed by atoms with Crippen LogP contribution >= 0.6 is 11.3 Å². The standard InChI is InChI=1S/C14H16N4O2S/c1-8-4-5-15-13(19)12(8)18-14(20)17-9-2-3-11-10(6-9)16-7-21-11/h2-3,6-8,12H,4-5H2,1H3,(H,15,19)(H2,17,18,20). The lowest BCUT2D eigenvalue weighted by atomic mass is 9.94. The number of nitrogens with zero attached hydrogens (tertiary/aromatic N) is 1. The van der Waals surface area contributed by atoms with Gasteiger partial charge in [-0.1, -0.05) is 6.92 Å². The number of benzene rings is 1. The summed E-state index contributed by atoms with van der Waals surface area (Å²) in [5.41, 5.74) is 3.28. The van der Waals surface area contributed by atoms with Crippen molar-refractivity contribution >= 4 is 39.2 Å². The van der Waals surface area contributed by atoms with Crippen LogP contribution in [0.2, 0.25) is 0 Å². The molecule has 6 nitrogen and oxygen atoms in total. The first-order valence-corrected chi connectivity index (χ1v) is 7.70. The first-order valence-electron chi connectivity index (χ1n) is 6.82. The van der Waals surface area contributed by atoms with Gasteiger partial charge in [-0.2, -0.15) is 0 Å². The largest absolute Gasteiger partial charge is 0.354 e. The number of hydrogen-bond donors (Lipinski definition) is 3. The van der Waals surface area contributed by atoms with Gasteiger partial charge in [0.25, 0.3) is 0 Å². The van der Waals surface area contributed by atoms with E-state index in [0.717, 1.165) is 16.6 Å². The van der Waals surface area contributed by atoms with Crippen molar-refractivity contribution in [2.45, 2.75) is 19.4 Å². The van der Waals surface area contributed by atoms with Gasteiger partial charge in [-0.05, 0) is 30.5 Å². The fraction of sp³-hybridized carbons (Fsp3) is 0.357. The van der Waals surface area contributed by atoms with Crippen LogP contribution in [0, 0.1) is 5.92 Å². The van der Waals surface area contributed by atoms with Crippen molar-refractivity contribution in [1.82, 2.24) is 15.6 Å². The molecule has 3 N–H and O–H groups in total. The van der Waals surface area contributed by atoms with Gasteiger partial charge >= 0.3 is 6.03 Å². The number of piperidine rings is 1. The highest BCUT2D eigenvalue weighted by atomic mass is 32.1. The van der Waals surface area contributed by atoms with E-state index in [9.17, 15) is 9.59 Å². The molecule has 2 heterocycles. The van der Waals surface area contributed by atoms with E-state index in [1.165, 1.54) is 0 Å². The zero-order valence-electron chi connectivity index (χ0n) is 11.6. The summed E-state index contributed by atoms with van der Waals surface area (Å²) in [4.78, 5) is 28.0. The average molecular weight is 304 g/mol. The number of nitrogens with one attached hydrogen (secondary N) is 3. The molecule has 2 aromatic rings. The number of anilines is 1. The van der Waals surface area contributed by atoms with Crippen molar-refractivity contribution in [3.63, 3.8) is 0 Å². The molecule has 1 aliphatic heterocycles. The first-order chi connectivity index (χ1) is 10.1. The second-order valence-electron chi connectivity index (χ2n) is 5.17. The van der Waals surface area contributed by atoms with E-state index in [1.807, 2.05) is 25.1 Å². The molecule has 1 saturated heterocycles. The number of carbonyl (C=O) groups is 2. The van der Waals surface area contributed by atoms with Gasteiger partial charge in [0.05, 0.1) is 15.7 Å². The number of thiazole rings is 1. The number of hydrogen-bond acceptors (Lipinski definition) is 4. The number of fused-ring (bicyclic) bond motifs is 1. The maximum Gasteiger partial charge on any atom is 0.319 e. The van der Waals surface area contributed by atoms with Crippen LogP contribution in [0.3, 0.4) is 0 Å². The molecule has 1 fully saturated rings. The minimum atomic E-state index is -0.484. The summed E-state index contributed by atoms with van der Waals surface area (Å²) in [5.74, 6) is 0.00405. The van der Waals surface area contributed by atoms with Crippen LogP contribution in [0.25, 0.3) is 10.2 Å². The minimum Gasteiger partial charge on any atom is -0.354 e. The summed E-state index contributed by atoms with van der Waals surface area (Å²) in [5, 5.41) is 8.24. The topological polar surface area (TPSA) is 83.1 Å². The summed E-state index contributed by atoms with van der Waals surface area (Å²) in [6, 6.07) is 4.69. The SMILES string of the molecule is CC1CCNC(=O)C1NC(=O)Nc1ccc2scnc2c1. The Hall–Kier alpha value is -2.15. The molecule has 0 radical (unpaired) electrons. The molecule has 0 aliphatic carbocycles. The molecule has 1 aliphatic rings. The highest BCUT2D eigenvalue weighted by Gasteiger charge is 2.30. The number of carbonyl (C=O) groups excluding carboxylic acids is 2. The molecule has 0 spiro atoms. The maximum absolute atomic E-state index is 12.0. The van der Waals surface area contributed by atoms with Gasteiger partial charge in [-0.15, -0.1) is 11.3 Å². The highest BCUT2D eigenvalue weighted by molar-refractivity contribution is 7.16. The Balaban J connectivity index is 1.66. The molecule has 1 aromatic heterocycles. The van der Waals surface area contributed by atoms with Gasteiger partial charge in [0.15, 0.2) is 0 Å². The predicted molar refractivity (Wildman–Crippen MR) is 82.4 cm³/mol. The molecule has 2 atom stereocenters. The second-order valence-corrected chi connectivity index (χ2v) is 6.05. The van der Waals surface area contributed by atoms with Gasteiger partial charge in [0.2, 0.25) is 5.91 Å². The van der Waals surface area contributed by atoms with E-state index < -0.39 is 6.04 Å². The van der Waals surface area contributed by atoms with Crippen molar-refractivity contribution in [2.75, 3.05) is 11.9 Å². The van der Waals surface area contributed by atoms with Crippen molar-refractivity contribution in [3.8, 4) is 0 Å². The molecule has 7 heteroatoms. The average Bonchev–Trinajstić information content (AvgIpc) is 2.90. The van der Waals surface area contributed by atoms with E-state index >= 15 is 0 Å². The highest BCUT2D eigenvalue weighted by Crippen LogP contribution is 2.21. The van der Waals surface area contributed by atoms with E-state index in [1.54, 1.807) is 16.8 Å². The summed E-state index contributed by atoms with van der Waals surface area (Å²) >= 11 is 1.55. The Morgan fingerprint density at radius 3 is 3.14 bits per heavy atom. The number of rotatable bonds is 2. The predicted octanol–water partition coefficient (Wildman–Crippen LogP) is 1.94. The third kappa shape index (κ3) is 2.97. The van der Waals surface area contributed by atoms with Gasteiger partial charge < -0.3 is 16.0 Å². The molecule has 110 valence electrons. The summed E-state index contributed by atoms with van der Waals surface area (Å²) in [7, 11) is 0. The van der Waals surface area contributed by atoms with E-state index in [2.05, 4.69) is 20.9 Å². The quantitative estimate of drug-likeness (QED) is 0.793. The van der Waals surface area contributed by atoms with E-state index in [-0.39, 0.29) is 17.9 Å². The van der Waals surface area contributed by atoms with Crippen LogP contribution in [0.5, 0.6) is 0 Å². The van der Waals surface area contributed by atoms with Gasteiger partial charge in [0, 0.05) is 12.2 Å². The second kappa shape index (κ2) is 5.69. The molecule has 1 aromatic carbocycles. The third-order valence-corrected chi connectivity index (χ3v) is 4.44. The lowest BCUT2D eigenvalue weighted by molar-refractivity contribution is -0.125. The van der Waals surface area contributed by atoms with Crippen LogP contribution in [0.4, 0.5) is 10.5 Å². The van der Waals surface area contributed by atoms with Gasteiger partial charge in [-0.3, -0.25) is 4.79 Å². The Labute approximate surface area is 125 Å². The summed E-state index contributed by atoms with van der Waals surface area (Å²) < 4.78 is 1.07. The number of aromatic nitrogens is 1. The molecule has 0 bridgehead atoms. The molecular formula is C14H16N4O2S. The van der Waals surface area contributed by atoms with Crippen LogP contribution < -0.4 is 16.0 Å². The smallest absolute Gasteiger partial charge is 0.319 e. The Bertz CT molecular complexity index is 684. The molecule has 3 amide bonds. The monoisotopic (exact) mass is 304 g/mol. The van der Waals surface area contributed by atoms with E-state index in [0.29, 0.717) is 12.2 Å². The van der Waals surface area contributed by atoms with Crippen LogP contribution in [0.15, 0.2) is 23.7 Å². The number of amides is 3. The normalized spacial score (nSPS) is 21.9. The zero-order chi connectivity index (χ0) is 14.8. The van der Waals surface area contributed by atoms with Crippen molar-refractivity contribution < 1.29 is 9.59 Å². The van der Waals surface area contributed by atoms with Crippen molar-refractivity contribution in [2.24, 2.45) is 5.92 Å². The molecule has 3 rings (SSSR count). The van der Waals surface area contributed by atoms with Crippen molar-refractivity contribution in [3.05, 3.63) is 23.7 Å². The fourth-order valence-electron chi connectivity index (χ4n) is 2.41. The Kier molecular flexibility index (Phi) is 3.74.